The van der Waals surface area contributed by atoms with Crippen molar-refractivity contribution in [3.05, 3.63) is 66.1 Å². The first kappa shape index (κ1) is 19.6. The lowest BCUT2D eigenvalue weighted by Crippen LogP contribution is -2.53. The van der Waals surface area contributed by atoms with Crippen LogP contribution in [0.3, 0.4) is 0 Å². The van der Waals surface area contributed by atoms with Gasteiger partial charge in [-0.1, -0.05) is 18.2 Å². The largest absolute Gasteiger partial charge is 0.380 e. The molecule has 2 fully saturated rings. The predicted octanol–water partition coefficient (Wildman–Crippen LogP) is 2.85. The van der Waals surface area contributed by atoms with Crippen LogP contribution in [0.15, 0.2) is 54.7 Å². The van der Waals surface area contributed by atoms with Crippen LogP contribution in [0.5, 0.6) is 0 Å². The molecule has 0 unspecified atom stereocenters. The van der Waals surface area contributed by atoms with E-state index in [-0.39, 0.29) is 17.4 Å². The average molecular weight is 419 g/mol. The Bertz CT molecular complexity index is 1180. The third-order valence-electron chi connectivity index (χ3n) is 6.11. The monoisotopic (exact) mass is 419 g/mol. The fraction of sp³-hybridized carbons (Fsp3) is 0.292. The number of aromatic nitrogens is 1. The highest BCUT2D eigenvalue weighted by Crippen LogP contribution is 2.37. The minimum atomic E-state index is -1.19. The van der Waals surface area contributed by atoms with Crippen LogP contribution in [-0.2, 0) is 4.79 Å². The molecule has 1 aliphatic heterocycles. The second-order valence-corrected chi connectivity index (χ2v) is 8.22. The number of piperazine rings is 1. The minimum Gasteiger partial charge on any atom is -0.380 e. The van der Waals surface area contributed by atoms with Gasteiger partial charge in [-0.05, 0) is 48.7 Å². The maximum Gasteiger partial charge on any atom is 0.254 e. The number of carbonyl (C=O) groups excluding carboxylic acids is 2. The van der Waals surface area contributed by atoms with Crippen LogP contribution < -0.4 is 0 Å². The molecule has 3 aromatic rings. The maximum atomic E-state index is 14.9. The van der Waals surface area contributed by atoms with E-state index in [1.54, 1.807) is 28.1 Å². The molecule has 1 saturated heterocycles. The fourth-order valence-corrected chi connectivity index (χ4v) is 4.05. The van der Waals surface area contributed by atoms with Crippen LogP contribution in [0.1, 0.15) is 23.2 Å². The van der Waals surface area contributed by atoms with E-state index in [2.05, 4.69) is 4.98 Å². The smallest absolute Gasteiger partial charge is 0.254 e. The Labute approximate surface area is 178 Å². The molecule has 7 heteroatoms. The first-order valence-corrected chi connectivity index (χ1v) is 10.4. The summed E-state index contributed by atoms with van der Waals surface area (Å²) in [5.74, 6) is -0.968. The summed E-state index contributed by atoms with van der Waals surface area (Å²) in [5, 5.41) is 10.9. The number of hydrogen-bond donors (Lipinski definition) is 1. The molecule has 0 atom stereocenters. The van der Waals surface area contributed by atoms with Crippen molar-refractivity contribution in [1.29, 1.82) is 0 Å². The van der Waals surface area contributed by atoms with Crippen molar-refractivity contribution in [1.82, 2.24) is 14.8 Å². The number of nitrogens with zero attached hydrogens (tertiary/aromatic N) is 3. The zero-order valence-electron chi connectivity index (χ0n) is 16.9. The van der Waals surface area contributed by atoms with E-state index < -0.39 is 11.4 Å². The van der Waals surface area contributed by atoms with Crippen LogP contribution in [-0.4, -0.2) is 63.5 Å². The van der Waals surface area contributed by atoms with Crippen LogP contribution in [0.4, 0.5) is 4.39 Å². The second kappa shape index (κ2) is 7.42. The molecule has 1 saturated carbocycles. The van der Waals surface area contributed by atoms with Crippen LogP contribution in [0.2, 0.25) is 0 Å². The Hall–Kier alpha value is -3.32. The lowest BCUT2D eigenvalue weighted by atomic mass is 10.0. The molecule has 31 heavy (non-hydrogen) atoms. The Morgan fingerprint density at radius 3 is 2.42 bits per heavy atom. The normalized spacial score (nSPS) is 17.6. The molecule has 158 valence electrons. The van der Waals surface area contributed by atoms with E-state index in [1.165, 1.54) is 6.07 Å². The van der Waals surface area contributed by atoms with E-state index in [1.807, 2.05) is 30.3 Å². The van der Waals surface area contributed by atoms with Gasteiger partial charge < -0.3 is 14.9 Å². The molecule has 2 heterocycles. The Morgan fingerprint density at radius 1 is 0.968 bits per heavy atom. The van der Waals surface area contributed by atoms with E-state index in [4.69, 9.17) is 0 Å². The topological polar surface area (TPSA) is 73.7 Å². The molecule has 2 aliphatic rings. The van der Waals surface area contributed by atoms with Crippen LogP contribution >= 0.6 is 0 Å². The molecule has 2 amide bonds. The summed E-state index contributed by atoms with van der Waals surface area (Å²) in [6.07, 6.45) is 2.72. The summed E-state index contributed by atoms with van der Waals surface area (Å²) in [6.45, 7) is 1.47. The summed E-state index contributed by atoms with van der Waals surface area (Å²) in [6, 6.07) is 13.8. The fourth-order valence-electron chi connectivity index (χ4n) is 4.05. The van der Waals surface area contributed by atoms with Gasteiger partial charge in [0.2, 0.25) is 0 Å². The molecule has 0 bridgehead atoms. The highest BCUT2D eigenvalue weighted by Gasteiger charge is 2.50. The first-order valence-electron chi connectivity index (χ1n) is 10.4. The molecule has 6 nitrogen and oxygen atoms in total. The van der Waals surface area contributed by atoms with Crippen molar-refractivity contribution < 1.29 is 19.1 Å². The highest BCUT2D eigenvalue weighted by atomic mass is 19.1. The molecule has 1 N–H and O–H groups in total. The number of rotatable bonds is 3. The Balaban J connectivity index is 1.30. The number of pyridine rings is 1. The van der Waals surface area contributed by atoms with Gasteiger partial charge in [0.05, 0.1) is 5.52 Å². The first-order chi connectivity index (χ1) is 14.9. The van der Waals surface area contributed by atoms with E-state index in [9.17, 15) is 19.1 Å². The molecule has 0 spiro atoms. The molecule has 0 radical (unpaired) electrons. The average Bonchev–Trinajstić information content (AvgIpc) is 3.56. The number of amides is 2. The Kier molecular flexibility index (Phi) is 4.70. The van der Waals surface area contributed by atoms with Gasteiger partial charge in [0.1, 0.15) is 11.4 Å². The van der Waals surface area contributed by atoms with Crippen molar-refractivity contribution in [2.45, 2.75) is 18.4 Å². The summed E-state index contributed by atoms with van der Waals surface area (Å²) >= 11 is 0. The number of carbonyl (C=O) groups is 2. The number of hydrogen-bond acceptors (Lipinski definition) is 4. The van der Waals surface area contributed by atoms with Crippen molar-refractivity contribution in [3.8, 4) is 11.1 Å². The standard InChI is InChI=1S/C24H22FN3O3/c25-20-15-18(3-5-19(20)16-4-6-21-17(14-16)2-1-9-26-21)22(29)27-10-12-28(13-11-27)23(30)24(31)7-8-24/h1-6,9,14-15,31H,7-8,10-13H2. The third-order valence-corrected chi connectivity index (χ3v) is 6.11. The zero-order chi connectivity index (χ0) is 21.6. The van der Waals surface area contributed by atoms with E-state index in [0.717, 1.165) is 16.5 Å². The van der Waals surface area contributed by atoms with E-state index >= 15 is 0 Å². The SMILES string of the molecule is O=C(c1ccc(-c2ccc3ncccc3c2)c(F)c1)N1CCN(C(=O)C2(O)CC2)CC1. The van der Waals surface area contributed by atoms with E-state index in [0.29, 0.717) is 44.6 Å². The molecule has 1 aliphatic carbocycles. The molecular formula is C24H22FN3O3. The van der Waals surface area contributed by atoms with Crippen molar-refractivity contribution in [2.75, 3.05) is 26.2 Å². The number of halogens is 1. The van der Waals surface area contributed by atoms with Crippen LogP contribution in [0, 0.1) is 5.82 Å². The van der Waals surface area contributed by atoms with Gasteiger partial charge in [0.25, 0.3) is 11.8 Å². The van der Waals surface area contributed by atoms with Gasteiger partial charge in [-0.15, -0.1) is 0 Å². The van der Waals surface area contributed by atoms with Gasteiger partial charge in [-0.3, -0.25) is 14.6 Å². The minimum absolute atomic E-state index is 0.249. The van der Waals surface area contributed by atoms with Gasteiger partial charge in [-0.2, -0.15) is 0 Å². The molecule has 2 aromatic carbocycles. The number of fused-ring (bicyclic) bond motifs is 1. The third kappa shape index (κ3) is 3.65. The Morgan fingerprint density at radius 2 is 1.71 bits per heavy atom. The number of benzene rings is 2. The summed E-state index contributed by atoms with van der Waals surface area (Å²) in [7, 11) is 0. The van der Waals surface area contributed by atoms with Crippen LogP contribution in [0.25, 0.3) is 22.0 Å². The zero-order valence-corrected chi connectivity index (χ0v) is 16.9. The number of aliphatic hydroxyl groups is 1. The predicted molar refractivity (Wildman–Crippen MR) is 114 cm³/mol. The van der Waals surface area contributed by atoms with Gasteiger partial charge in [0, 0.05) is 48.9 Å². The maximum absolute atomic E-state index is 14.9. The molecule has 1 aromatic heterocycles. The van der Waals surface area contributed by atoms with Crippen molar-refractivity contribution >= 4 is 22.7 Å². The lowest BCUT2D eigenvalue weighted by molar-refractivity contribution is -0.143. The summed E-state index contributed by atoms with van der Waals surface area (Å²) < 4.78 is 14.9. The highest BCUT2D eigenvalue weighted by molar-refractivity contribution is 5.95. The summed E-state index contributed by atoms with van der Waals surface area (Å²) in [5.41, 5.74) is 1.08. The lowest BCUT2D eigenvalue weighted by Gasteiger charge is -2.35. The van der Waals surface area contributed by atoms with Gasteiger partial charge in [-0.25, -0.2) is 4.39 Å². The second-order valence-electron chi connectivity index (χ2n) is 8.22. The summed E-state index contributed by atoms with van der Waals surface area (Å²) in [4.78, 5) is 32.6. The van der Waals surface area contributed by atoms with Crippen molar-refractivity contribution in [3.63, 3.8) is 0 Å². The quantitative estimate of drug-likeness (QED) is 0.709. The molecular weight excluding hydrogens is 397 g/mol. The molecule has 5 rings (SSSR count). The van der Waals surface area contributed by atoms with Crippen molar-refractivity contribution in [2.24, 2.45) is 0 Å². The van der Waals surface area contributed by atoms with Gasteiger partial charge >= 0.3 is 0 Å². The van der Waals surface area contributed by atoms with Gasteiger partial charge in [0.15, 0.2) is 0 Å².